The molecule has 0 spiro atoms. The van der Waals surface area contributed by atoms with E-state index >= 15 is 0 Å². The average Bonchev–Trinajstić information content (AvgIpc) is 3.52. The normalized spacial score (nSPS) is 16.5. The minimum atomic E-state index is -1.02. The van der Waals surface area contributed by atoms with Gasteiger partial charge in [0.15, 0.2) is 0 Å². The smallest absolute Gasteiger partial charge is 0.243 e. The topological polar surface area (TPSA) is 168 Å². The van der Waals surface area contributed by atoms with Crippen molar-refractivity contribution >= 4 is 23.6 Å². The molecule has 0 aromatic heterocycles. The largest absolute Gasteiger partial charge is 0.508 e. The van der Waals surface area contributed by atoms with Gasteiger partial charge in [0.2, 0.25) is 23.6 Å². The van der Waals surface area contributed by atoms with Crippen LogP contribution in [0.4, 0.5) is 0 Å². The molecule has 0 radical (unpaired) electrons. The summed E-state index contributed by atoms with van der Waals surface area (Å²) < 4.78 is 0. The highest BCUT2D eigenvalue weighted by atomic mass is 16.3. The molecule has 0 aliphatic carbocycles. The second-order valence-electron chi connectivity index (χ2n) is 12.4. The van der Waals surface area contributed by atoms with Crippen LogP contribution >= 0.6 is 0 Å². The first-order valence-corrected chi connectivity index (χ1v) is 15.8. The van der Waals surface area contributed by atoms with Crippen LogP contribution in [-0.4, -0.2) is 64.3 Å². The standard InChI is InChI=1S/C36H45N5O5/c1-22(2)27-20-26(42)17-23(3)28(27)21-29(37)36(46)41-16-10-15-32(41)35(45)40-31(19-25-13-8-5-9-14-25)34(44)39-30(33(38)43)18-24-11-6-4-7-12-24/h4-9,11-14,17,20,22,29-32,42H,10,15-16,18-19,21,37H2,1-3H3,(H2,38,43)(H,39,44)(H,40,45)/t29?,30-,31-,32-/m0/s1. The Labute approximate surface area is 270 Å². The first kappa shape index (κ1) is 34.2. The highest BCUT2D eigenvalue weighted by Crippen LogP contribution is 2.29. The monoisotopic (exact) mass is 627 g/mol. The molecule has 1 heterocycles. The Hall–Kier alpha value is -4.70. The van der Waals surface area contributed by atoms with Gasteiger partial charge in [0.05, 0.1) is 6.04 Å². The van der Waals surface area contributed by atoms with Gasteiger partial charge in [-0.25, -0.2) is 0 Å². The van der Waals surface area contributed by atoms with Gasteiger partial charge in [-0.05, 0) is 72.1 Å². The van der Waals surface area contributed by atoms with Crippen molar-refractivity contribution in [2.75, 3.05) is 6.54 Å². The fourth-order valence-corrected chi connectivity index (χ4v) is 6.11. The van der Waals surface area contributed by atoms with Crippen LogP contribution in [0.15, 0.2) is 72.8 Å². The van der Waals surface area contributed by atoms with Crippen LogP contribution in [0, 0.1) is 6.92 Å². The molecule has 3 aromatic rings. The molecule has 0 bridgehead atoms. The first-order valence-electron chi connectivity index (χ1n) is 15.8. The number of phenols is 1. The quantitative estimate of drug-likeness (QED) is 0.195. The number of primary amides is 1. The van der Waals surface area contributed by atoms with Crippen LogP contribution in [0.5, 0.6) is 5.75 Å². The molecule has 1 aliphatic rings. The highest BCUT2D eigenvalue weighted by Gasteiger charge is 2.38. The Morgan fingerprint density at radius 3 is 2.04 bits per heavy atom. The van der Waals surface area contributed by atoms with Gasteiger partial charge in [0.25, 0.3) is 0 Å². The third-order valence-corrected chi connectivity index (χ3v) is 8.55. The van der Waals surface area contributed by atoms with Gasteiger partial charge in [0, 0.05) is 19.4 Å². The maximum atomic E-state index is 13.7. The number of nitrogens with one attached hydrogen (secondary N) is 2. The summed E-state index contributed by atoms with van der Waals surface area (Å²) in [5.74, 6) is -1.76. The van der Waals surface area contributed by atoms with Crippen LogP contribution in [0.2, 0.25) is 0 Å². The first-order chi connectivity index (χ1) is 21.9. The van der Waals surface area contributed by atoms with E-state index in [1.165, 1.54) is 4.90 Å². The minimum Gasteiger partial charge on any atom is -0.508 e. The van der Waals surface area contributed by atoms with Gasteiger partial charge >= 0.3 is 0 Å². The van der Waals surface area contributed by atoms with Gasteiger partial charge in [-0.2, -0.15) is 0 Å². The second kappa shape index (κ2) is 15.5. The van der Waals surface area contributed by atoms with Gasteiger partial charge < -0.3 is 32.1 Å². The minimum absolute atomic E-state index is 0.114. The van der Waals surface area contributed by atoms with E-state index in [-0.39, 0.29) is 36.8 Å². The Balaban J connectivity index is 1.50. The molecule has 7 N–H and O–H groups in total. The van der Waals surface area contributed by atoms with E-state index in [1.807, 2.05) is 81.4 Å². The molecule has 1 saturated heterocycles. The molecule has 10 heteroatoms. The van der Waals surface area contributed by atoms with Crippen LogP contribution < -0.4 is 22.1 Å². The summed E-state index contributed by atoms with van der Waals surface area (Å²) in [5.41, 5.74) is 16.4. The number of rotatable bonds is 13. The lowest BCUT2D eigenvalue weighted by molar-refractivity contribution is -0.140. The van der Waals surface area contributed by atoms with Gasteiger partial charge in [0.1, 0.15) is 23.9 Å². The van der Waals surface area contributed by atoms with Crippen molar-refractivity contribution in [1.82, 2.24) is 15.5 Å². The molecule has 244 valence electrons. The molecule has 4 rings (SSSR count). The van der Waals surface area contributed by atoms with Crippen molar-refractivity contribution in [3.63, 3.8) is 0 Å². The van der Waals surface area contributed by atoms with Crippen molar-refractivity contribution < 1.29 is 24.3 Å². The number of hydrogen-bond acceptors (Lipinski definition) is 6. The van der Waals surface area contributed by atoms with Crippen LogP contribution in [0.25, 0.3) is 0 Å². The third-order valence-electron chi connectivity index (χ3n) is 8.55. The summed E-state index contributed by atoms with van der Waals surface area (Å²) in [6, 6.07) is 18.1. The van der Waals surface area contributed by atoms with E-state index in [0.29, 0.717) is 19.4 Å². The molecule has 0 saturated carbocycles. The number of amides is 4. The number of aryl methyl sites for hydroxylation is 1. The second-order valence-corrected chi connectivity index (χ2v) is 12.4. The molecular formula is C36H45N5O5. The zero-order valence-electron chi connectivity index (χ0n) is 26.7. The van der Waals surface area contributed by atoms with Gasteiger partial charge in [-0.3, -0.25) is 19.2 Å². The Kier molecular flexibility index (Phi) is 11.5. The molecule has 4 atom stereocenters. The summed E-state index contributed by atoms with van der Waals surface area (Å²) in [6.07, 6.45) is 1.68. The number of likely N-dealkylation sites (tertiary alicyclic amines) is 1. The number of carbonyl (C=O) groups excluding carboxylic acids is 4. The van der Waals surface area contributed by atoms with Crippen LogP contribution in [0.3, 0.4) is 0 Å². The molecular weight excluding hydrogens is 582 g/mol. The lowest BCUT2D eigenvalue weighted by Crippen LogP contribution is -2.58. The molecule has 4 amide bonds. The van der Waals surface area contributed by atoms with E-state index < -0.39 is 41.9 Å². The zero-order valence-corrected chi connectivity index (χ0v) is 26.7. The SMILES string of the molecule is Cc1cc(O)cc(C(C)C)c1CC(N)C(=O)N1CCC[C@H]1C(=O)N[C@@H](Cc1ccccc1)C(=O)N[C@@H](Cc1ccccc1)C(N)=O. The summed E-state index contributed by atoms with van der Waals surface area (Å²) in [5, 5.41) is 15.7. The summed E-state index contributed by atoms with van der Waals surface area (Å²) in [7, 11) is 0. The lowest BCUT2D eigenvalue weighted by atomic mass is 9.89. The van der Waals surface area contributed by atoms with Crippen molar-refractivity contribution in [3.05, 3.63) is 101 Å². The molecule has 1 aliphatic heterocycles. The number of nitrogens with zero attached hydrogens (tertiary/aromatic N) is 1. The van der Waals surface area contributed by atoms with E-state index in [4.69, 9.17) is 11.5 Å². The number of aromatic hydroxyl groups is 1. The average molecular weight is 628 g/mol. The molecule has 10 nitrogen and oxygen atoms in total. The van der Waals surface area contributed by atoms with Crippen LogP contribution in [-0.2, 0) is 38.4 Å². The summed E-state index contributed by atoms with van der Waals surface area (Å²) >= 11 is 0. The van der Waals surface area contributed by atoms with Gasteiger partial charge in [-0.1, -0.05) is 74.5 Å². The number of hydrogen-bond donors (Lipinski definition) is 5. The molecule has 3 aromatic carbocycles. The van der Waals surface area contributed by atoms with E-state index in [0.717, 1.165) is 27.8 Å². The van der Waals surface area contributed by atoms with Crippen molar-refractivity contribution in [2.24, 2.45) is 11.5 Å². The molecule has 1 unspecified atom stereocenters. The van der Waals surface area contributed by atoms with E-state index in [9.17, 15) is 24.3 Å². The predicted octanol–water partition coefficient (Wildman–Crippen LogP) is 2.63. The van der Waals surface area contributed by atoms with Crippen molar-refractivity contribution in [3.8, 4) is 5.75 Å². The number of carbonyl (C=O) groups is 4. The van der Waals surface area contributed by atoms with Crippen molar-refractivity contribution in [1.29, 1.82) is 0 Å². The Morgan fingerprint density at radius 2 is 1.48 bits per heavy atom. The predicted molar refractivity (Wildman–Crippen MR) is 177 cm³/mol. The third kappa shape index (κ3) is 8.72. The van der Waals surface area contributed by atoms with E-state index in [2.05, 4.69) is 10.6 Å². The number of benzene rings is 3. The lowest BCUT2D eigenvalue weighted by Gasteiger charge is -2.29. The number of phenolic OH excluding ortho intramolecular Hbond substituents is 1. The summed E-state index contributed by atoms with van der Waals surface area (Å²) in [4.78, 5) is 54.9. The van der Waals surface area contributed by atoms with Crippen LogP contribution in [0.1, 0.15) is 60.4 Å². The fraction of sp³-hybridized carbons (Fsp3) is 0.389. The summed E-state index contributed by atoms with van der Waals surface area (Å²) in [6.45, 7) is 6.28. The number of nitrogens with two attached hydrogens (primary N) is 2. The molecule has 1 fully saturated rings. The Morgan fingerprint density at radius 1 is 0.891 bits per heavy atom. The highest BCUT2D eigenvalue weighted by molar-refractivity contribution is 5.95. The van der Waals surface area contributed by atoms with E-state index in [1.54, 1.807) is 12.1 Å². The van der Waals surface area contributed by atoms with Gasteiger partial charge in [-0.15, -0.1) is 0 Å². The fourth-order valence-electron chi connectivity index (χ4n) is 6.11. The Bertz CT molecular complexity index is 1530. The van der Waals surface area contributed by atoms with Crippen molar-refractivity contribution in [2.45, 2.75) is 83.0 Å². The zero-order chi connectivity index (χ0) is 33.4. The molecule has 46 heavy (non-hydrogen) atoms. The maximum Gasteiger partial charge on any atom is 0.243 e. The maximum absolute atomic E-state index is 13.7.